The highest BCUT2D eigenvalue weighted by Gasteiger charge is 2.10. The number of phenolic OH excluding ortho intramolecular Hbond substituents is 1. The first-order valence-electron chi connectivity index (χ1n) is 6.45. The SMILES string of the molecule is Oc1ccc(Br)c(CN2CCCCCCC2)c1. The Hall–Kier alpha value is -0.540. The van der Waals surface area contributed by atoms with E-state index in [0.29, 0.717) is 5.75 Å². The second kappa shape index (κ2) is 6.41. The lowest BCUT2D eigenvalue weighted by Crippen LogP contribution is -2.27. The molecule has 0 bridgehead atoms. The molecular weight excluding hydrogens is 278 g/mol. The predicted octanol–water partition coefficient (Wildman–Crippen LogP) is 3.92. The number of halogens is 1. The average molecular weight is 298 g/mol. The summed E-state index contributed by atoms with van der Waals surface area (Å²) in [5.41, 5.74) is 1.19. The van der Waals surface area contributed by atoms with Gasteiger partial charge in [-0.15, -0.1) is 0 Å². The first-order chi connectivity index (χ1) is 8.25. The minimum absolute atomic E-state index is 0.357. The molecule has 0 amide bonds. The van der Waals surface area contributed by atoms with Crippen LogP contribution in [0.1, 0.15) is 37.7 Å². The monoisotopic (exact) mass is 297 g/mol. The number of rotatable bonds is 2. The van der Waals surface area contributed by atoms with Gasteiger partial charge in [0.05, 0.1) is 0 Å². The van der Waals surface area contributed by atoms with Crippen LogP contribution in [0.4, 0.5) is 0 Å². The van der Waals surface area contributed by atoms with Crippen molar-refractivity contribution in [3.05, 3.63) is 28.2 Å². The van der Waals surface area contributed by atoms with Crippen molar-refractivity contribution in [3.63, 3.8) is 0 Å². The van der Waals surface area contributed by atoms with Crippen molar-refractivity contribution in [2.45, 2.75) is 38.6 Å². The second-order valence-corrected chi connectivity index (χ2v) is 5.67. The maximum atomic E-state index is 9.53. The Kier molecular flexibility index (Phi) is 4.86. The topological polar surface area (TPSA) is 23.5 Å². The van der Waals surface area contributed by atoms with Gasteiger partial charge in [-0.1, -0.05) is 35.2 Å². The molecule has 1 aromatic carbocycles. The Labute approximate surface area is 112 Å². The molecule has 1 saturated heterocycles. The summed E-state index contributed by atoms with van der Waals surface area (Å²) in [5, 5.41) is 9.53. The minimum Gasteiger partial charge on any atom is -0.508 e. The first kappa shape index (κ1) is 12.9. The van der Waals surface area contributed by atoms with Crippen LogP contribution in [0.15, 0.2) is 22.7 Å². The van der Waals surface area contributed by atoms with Gasteiger partial charge in [0.2, 0.25) is 0 Å². The molecule has 1 aliphatic heterocycles. The van der Waals surface area contributed by atoms with Crippen LogP contribution < -0.4 is 0 Å². The molecule has 0 saturated carbocycles. The lowest BCUT2D eigenvalue weighted by molar-refractivity contribution is 0.239. The molecule has 94 valence electrons. The number of phenols is 1. The standard InChI is InChI=1S/C14H20BrNO/c15-14-7-6-13(17)10-12(14)11-16-8-4-2-1-3-5-9-16/h6-7,10,17H,1-5,8-9,11H2. The number of hydrogen-bond donors (Lipinski definition) is 1. The molecule has 1 fully saturated rings. The summed E-state index contributed by atoms with van der Waals surface area (Å²) in [6.45, 7) is 3.30. The average Bonchev–Trinajstić information content (AvgIpc) is 2.27. The third kappa shape index (κ3) is 4.00. The van der Waals surface area contributed by atoms with E-state index < -0.39 is 0 Å². The molecule has 0 spiro atoms. The van der Waals surface area contributed by atoms with Crippen molar-refractivity contribution < 1.29 is 5.11 Å². The second-order valence-electron chi connectivity index (χ2n) is 4.82. The highest BCUT2D eigenvalue weighted by atomic mass is 79.9. The Morgan fingerprint density at radius 2 is 1.71 bits per heavy atom. The van der Waals surface area contributed by atoms with E-state index in [2.05, 4.69) is 20.8 Å². The van der Waals surface area contributed by atoms with E-state index in [1.54, 1.807) is 6.07 Å². The zero-order chi connectivity index (χ0) is 12.1. The Morgan fingerprint density at radius 1 is 1.06 bits per heavy atom. The summed E-state index contributed by atoms with van der Waals surface area (Å²) in [6, 6.07) is 5.51. The summed E-state index contributed by atoms with van der Waals surface area (Å²) in [4.78, 5) is 2.50. The lowest BCUT2D eigenvalue weighted by atomic mass is 10.1. The van der Waals surface area contributed by atoms with Crippen LogP contribution in [-0.4, -0.2) is 23.1 Å². The van der Waals surface area contributed by atoms with Crippen LogP contribution in [0.3, 0.4) is 0 Å². The molecule has 0 aromatic heterocycles. The van der Waals surface area contributed by atoms with E-state index >= 15 is 0 Å². The molecule has 1 aliphatic rings. The van der Waals surface area contributed by atoms with E-state index in [0.717, 1.165) is 11.0 Å². The zero-order valence-electron chi connectivity index (χ0n) is 10.2. The number of benzene rings is 1. The van der Waals surface area contributed by atoms with Gasteiger partial charge < -0.3 is 5.11 Å². The normalized spacial score (nSPS) is 18.6. The number of hydrogen-bond acceptors (Lipinski definition) is 2. The lowest BCUT2D eigenvalue weighted by Gasteiger charge is -2.25. The van der Waals surface area contributed by atoms with E-state index in [1.165, 1.54) is 50.8 Å². The van der Waals surface area contributed by atoms with Gasteiger partial charge in [0.1, 0.15) is 5.75 Å². The predicted molar refractivity (Wildman–Crippen MR) is 74.2 cm³/mol. The smallest absolute Gasteiger partial charge is 0.115 e. The zero-order valence-corrected chi connectivity index (χ0v) is 11.7. The Balaban J connectivity index is 2.00. The van der Waals surface area contributed by atoms with E-state index in [9.17, 15) is 5.11 Å². The fourth-order valence-corrected chi connectivity index (χ4v) is 2.77. The molecule has 0 atom stereocenters. The van der Waals surface area contributed by atoms with Crippen molar-refractivity contribution in [1.29, 1.82) is 0 Å². The maximum absolute atomic E-state index is 9.53. The summed E-state index contributed by atoms with van der Waals surface area (Å²) >= 11 is 3.55. The van der Waals surface area contributed by atoms with Gasteiger partial charge in [0, 0.05) is 11.0 Å². The van der Waals surface area contributed by atoms with Crippen LogP contribution in [0, 0.1) is 0 Å². The van der Waals surface area contributed by atoms with E-state index in [4.69, 9.17) is 0 Å². The van der Waals surface area contributed by atoms with Gasteiger partial charge in [-0.05, 0) is 49.7 Å². The van der Waals surface area contributed by atoms with Crippen LogP contribution in [0.5, 0.6) is 5.75 Å². The summed E-state index contributed by atoms with van der Waals surface area (Å²) in [5.74, 6) is 0.357. The van der Waals surface area contributed by atoms with Crippen molar-refractivity contribution in [1.82, 2.24) is 4.90 Å². The van der Waals surface area contributed by atoms with Gasteiger partial charge in [-0.2, -0.15) is 0 Å². The largest absolute Gasteiger partial charge is 0.508 e. The van der Waals surface area contributed by atoms with Crippen molar-refractivity contribution >= 4 is 15.9 Å². The third-order valence-electron chi connectivity index (χ3n) is 3.37. The van der Waals surface area contributed by atoms with Gasteiger partial charge in [-0.25, -0.2) is 0 Å². The quantitative estimate of drug-likeness (QED) is 0.894. The van der Waals surface area contributed by atoms with Crippen molar-refractivity contribution in [3.8, 4) is 5.75 Å². The van der Waals surface area contributed by atoms with Crippen molar-refractivity contribution in [2.24, 2.45) is 0 Å². The van der Waals surface area contributed by atoms with Crippen LogP contribution in [0.25, 0.3) is 0 Å². The molecule has 0 radical (unpaired) electrons. The van der Waals surface area contributed by atoms with E-state index in [1.807, 2.05) is 12.1 Å². The van der Waals surface area contributed by atoms with Gasteiger partial charge in [0.25, 0.3) is 0 Å². The number of likely N-dealkylation sites (tertiary alicyclic amines) is 1. The fraction of sp³-hybridized carbons (Fsp3) is 0.571. The molecule has 3 heteroatoms. The summed E-state index contributed by atoms with van der Waals surface area (Å²) in [7, 11) is 0. The van der Waals surface area contributed by atoms with Gasteiger partial charge >= 0.3 is 0 Å². The van der Waals surface area contributed by atoms with Crippen LogP contribution >= 0.6 is 15.9 Å². The van der Waals surface area contributed by atoms with Gasteiger partial charge in [-0.3, -0.25) is 4.90 Å². The molecule has 0 unspecified atom stereocenters. The number of nitrogens with zero attached hydrogens (tertiary/aromatic N) is 1. The molecule has 1 aromatic rings. The highest BCUT2D eigenvalue weighted by Crippen LogP contribution is 2.24. The molecular formula is C14H20BrNO. The highest BCUT2D eigenvalue weighted by molar-refractivity contribution is 9.10. The third-order valence-corrected chi connectivity index (χ3v) is 4.15. The maximum Gasteiger partial charge on any atom is 0.115 e. The minimum atomic E-state index is 0.357. The van der Waals surface area contributed by atoms with Gasteiger partial charge in [0.15, 0.2) is 0 Å². The van der Waals surface area contributed by atoms with E-state index in [-0.39, 0.29) is 0 Å². The molecule has 1 N–H and O–H groups in total. The molecule has 0 aliphatic carbocycles. The molecule has 1 heterocycles. The Bertz CT molecular complexity index is 359. The number of aromatic hydroxyl groups is 1. The van der Waals surface area contributed by atoms with Crippen LogP contribution in [-0.2, 0) is 6.54 Å². The Morgan fingerprint density at radius 3 is 2.41 bits per heavy atom. The van der Waals surface area contributed by atoms with Crippen molar-refractivity contribution in [2.75, 3.05) is 13.1 Å². The first-order valence-corrected chi connectivity index (χ1v) is 7.25. The fourth-order valence-electron chi connectivity index (χ4n) is 2.39. The summed E-state index contributed by atoms with van der Waals surface area (Å²) in [6.07, 6.45) is 6.71. The molecule has 17 heavy (non-hydrogen) atoms. The summed E-state index contributed by atoms with van der Waals surface area (Å²) < 4.78 is 1.09. The van der Waals surface area contributed by atoms with Crippen LogP contribution in [0.2, 0.25) is 0 Å². The molecule has 2 nitrogen and oxygen atoms in total. The molecule has 2 rings (SSSR count).